The lowest BCUT2D eigenvalue weighted by molar-refractivity contribution is -0.117. The minimum Gasteiger partial charge on any atom is -0.376 e. The zero-order valence-corrected chi connectivity index (χ0v) is 14.8. The van der Waals surface area contributed by atoms with Crippen molar-refractivity contribution in [1.82, 2.24) is 0 Å². The van der Waals surface area contributed by atoms with Crippen LogP contribution in [0.3, 0.4) is 0 Å². The number of benzene rings is 2. The number of anilines is 1. The molecule has 0 saturated carbocycles. The van der Waals surface area contributed by atoms with Gasteiger partial charge in [-0.05, 0) is 37.1 Å². The van der Waals surface area contributed by atoms with E-state index in [0.717, 1.165) is 11.1 Å². The molecular formula is C20H26N2O3. The van der Waals surface area contributed by atoms with Gasteiger partial charge >= 0.3 is 0 Å². The van der Waals surface area contributed by atoms with Gasteiger partial charge in [0.05, 0.1) is 25.9 Å². The highest BCUT2D eigenvalue weighted by Crippen LogP contribution is 2.15. The lowest BCUT2D eigenvalue weighted by Gasteiger charge is -2.13. The normalized spacial score (nSPS) is 12.2. The van der Waals surface area contributed by atoms with E-state index in [1.807, 2.05) is 68.4 Å². The predicted molar refractivity (Wildman–Crippen MR) is 99.2 cm³/mol. The van der Waals surface area contributed by atoms with Crippen LogP contribution in [0, 0.1) is 0 Å². The quantitative estimate of drug-likeness (QED) is 0.686. The van der Waals surface area contributed by atoms with Crippen molar-refractivity contribution in [3.8, 4) is 0 Å². The summed E-state index contributed by atoms with van der Waals surface area (Å²) in [5.74, 6) is -0.241. The standard InChI is InChI=1S/C20H26N2O3/c1-15(2)25-12-11-24-14-16-7-6-10-18(13-16)22-20(23)19(21)17-8-4-3-5-9-17/h3-10,13,15,19H,11-12,14,21H2,1-2H3,(H,22,23). The van der Waals surface area contributed by atoms with Crippen LogP contribution in [0.1, 0.15) is 31.0 Å². The molecule has 0 saturated heterocycles. The molecule has 0 bridgehead atoms. The van der Waals surface area contributed by atoms with Crippen molar-refractivity contribution in [1.29, 1.82) is 0 Å². The Bertz CT molecular complexity index is 659. The van der Waals surface area contributed by atoms with Crippen molar-refractivity contribution >= 4 is 11.6 Å². The summed E-state index contributed by atoms with van der Waals surface area (Å²) < 4.78 is 11.0. The first-order valence-electron chi connectivity index (χ1n) is 8.46. The van der Waals surface area contributed by atoms with Gasteiger partial charge in [0.1, 0.15) is 6.04 Å². The lowest BCUT2D eigenvalue weighted by atomic mass is 10.1. The lowest BCUT2D eigenvalue weighted by Crippen LogP contribution is -2.27. The fourth-order valence-electron chi connectivity index (χ4n) is 2.30. The Balaban J connectivity index is 1.85. The van der Waals surface area contributed by atoms with Gasteiger partial charge in [-0.1, -0.05) is 42.5 Å². The number of ether oxygens (including phenoxy) is 2. The fraction of sp³-hybridized carbons (Fsp3) is 0.350. The van der Waals surface area contributed by atoms with Crippen LogP contribution >= 0.6 is 0 Å². The summed E-state index contributed by atoms with van der Waals surface area (Å²) in [6.45, 7) is 5.56. The maximum atomic E-state index is 12.3. The van der Waals surface area contributed by atoms with Crippen molar-refractivity contribution in [3.05, 3.63) is 65.7 Å². The van der Waals surface area contributed by atoms with Crippen molar-refractivity contribution in [2.24, 2.45) is 5.73 Å². The highest BCUT2D eigenvalue weighted by atomic mass is 16.5. The van der Waals surface area contributed by atoms with Crippen LogP contribution in [0.4, 0.5) is 5.69 Å². The largest absolute Gasteiger partial charge is 0.376 e. The van der Waals surface area contributed by atoms with E-state index in [-0.39, 0.29) is 12.0 Å². The number of hydrogen-bond acceptors (Lipinski definition) is 4. The minimum absolute atomic E-state index is 0.205. The molecule has 1 atom stereocenters. The second kappa shape index (κ2) is 9.93. The SMILES string of the molecule is CC(C)OCCOCc1cccc(NC(=O)C(N)c2ccccc2)c1. The maximum Gasteiger partial charge on any atom is 0.245 e. The first-order chi connectivity index (χ1) is 12.1. The Morgan fingerprint density at radius 3 is 2.56 bits per heavy atom. The second-order valence-electron chi connectivity index (χ2n) is 6.05. The molecule has 25 heavy (non-hydrogen) atoms. The van der Waals surface area contributed by atoms with Crippen LogP contribution in [0.2, 0.25) is 0 Å². The number of nitrogens with one attached hydrogen (secondary N) is 1. The molecule has 0 heterocycles. The van der Waals surface area contributed by atoms with Crippen LogP contribution in [0.5, 0.6) is 0 Å². The fourth-order valence-corrected chi connectivity index (χ4v) is 2.30. The molecular weight excluding hydrogens is 316 g/mol. The monoisotopic (exact) mass is 342 g/mol. The molecule has 1 amide bonds. The summed E-state index contributed by atoms with van der Waals surface area (Å²) in [5.41, 5.74) is 8.48. The Hall–Kier alpha value is -2.21. The molecule has 0 aliphatic carbocycles. The molecule has 0 aromatic heterocycles. The predicted octanol–water partition coefficient (Wildman–Crippen LogP) is 3.27. The van der Waals surface area contributed by atoms with Gasteiger partial charge in [-0.15, -0.1) is 0 Å². The number of nitrogens with two attached hydrogens (primary N) is 1. The van der Waals surface area contributed by atoms with Crippen LogP contribution < -0.4 is 11.1 Å². The third kappa shape index (κ3) is 6.66. The topological polar surface area (TPSA) is 73.6 Å². The summed E-state index contributed by atoms with van der Waals surface area (Å²) >= 11 is 0. The van der Waals surface area contributed by atoms with E-state index in [1.165, 1.54) is 0 Å². The van der Waals surface area contributed by atoms with Crippen LogP contribution in [-0.4, -0.2) is 25.2 Å². The molecule has 3 N–H and O–H groups in total. The van der Waals surface area contributed by atoms with Crippen LogP contribution in [0.25, 0.3) is 0 Å². The van der Waals surface area contributed by atoms with Crippen molar-refractivity contribution in [2.75, 3.05) is 18.5 Å². The number of amides is 1. The van der Waals surface area contributed by atoms with Gasteiger partial charge in [0.2, 0.25) is 5.91 Å². The molecule has 0 aliphatic rings. The summed E-state index contributed by atoms with van der Waals surface area (Å²) in [6.07, 6.45) is 0.205. The second-order valence-corrected chi connectivity index (χ2v) is 6.05. The Morgan fingerprint density at radius 1 is 1.08 bits per heavy atom. The van der Waals surface area contributed by atoms with Crippen molar-refractivity contribution < 1.29 is 14.3 Å². The number of carbonyl (C=O) groups is 1. The minimum atomic E-state index is -0.700. The van der Waals surface area contributed by atoms with Crippen LogP contribution in [0.15, 0.2) is 54.6 Å². The maximum absolute atomic E-state index is 12.3. The Morgan fingerprint density at radius 2 is 1.84 bits per heavy atom. The van der Waals surface area contributed by atoms with Gasteiger partial charge in [0.15, 0.2) is 0 Å². The molecule has 0 spiro atoms. The zero-order valence-electron chi connectivity index (χ0n) is 14.8. The third-order valence-electron chi connectivity index (χ3n) is 3.58. The third-order valence-corrected chi connectivity index (χ3v) is 3.58. The van der Waals surface area contributed by atoms with Gasteiger partial charge in [-0.3, -0.25) is 4.79 Å². The van der Waals surface area contributed by atoms with Gasteiger partial charge in [-0.2, -0.15) is 0 Å². The highest BCUT2D eigenvalue weighted by Gasteiger charge is 2.15. The van der Waals surface area contributed by atoms with Crippen LogP contribution in [-0.2, 0) is 20.9 Å². The Labute approximate surface area is 149 Å². The smallest absolute Gasteiger partial charge is 0.245 e. The Kier molecular flexibility index (Phi) is 7.60. The molecule has 2 aromatic rings. The summed E-state index contributed by atoms with van der Waals surface area (Å²) in [5, 5.41) is 2.85. The van der Waals surface area contributed by atoms with E-state index >= 15 is 0 Å². The first kappa shape index (κ1) is 19.1. The summed E-state index contributed by atoms with van der Waals surface area (Å²) in [4.78, 5) is 12.3. The van der Waals surface area contributed by atoms with Gasteiger partial charge in [-0.25, -0.2) is 0 Å². The molecule has 5 nitrogen and oxygen atoms in total. The van der Waals surface area contributed by atoms with Gasteiger partial charge in [0, 0.05) is 5.69 Å². The van der Waals surface area contributed by atoms with E-state index in [1.54, 1.807) is 0 Å². The van der Waals surface area contributed by atoms with E-state index in [2.05, 4.69) is 5.32 Å². The van der Waals surface area contributed by atoms with Gasteiger partial charge < -0.3 is 20.5 Å². The molecule has 1 unspecified atom stereocenters. The molecule has 2 aromatic carbocycles. The van der Waals surface area contributed by atoms with E-state index in [0.29, 0.717) is 25.5 Å². The molecule has 5 heteroatoms. The average Bonchev–Trinajstić information content (AvgIpc) is 2.61. The number of hydrogen-bond donors (Lipinski definition) is 2. The molecule has 2 rings (SSSR count). The van der Waals surface area contributed by atoms with E-state index in [4.69, 9.17) is 15.2 Å². The molecule has 134 valence electrons. The number of rotatable bonds is 9. The number of carbonyl (C=O) groups excluding carboxylic acids is 1. The molecule has 0 fully saturated rings. The van der Waals surface area contributed by atoms with Gasteiger partial charge in [0.25, 0.3) is 0 Å². The highest BCUT2D eigenvalue weighted by molar-refractivity contribution is 5.95. The van der Waals surface area contributed by atoms with E-state index < -0.39 is 6.04 Å². The van der Waals surface area contributed by atoms with E-state index in [9.17, 15) is 4.79 Å². The zero-order chi connectivity index (χ0) is 18.1. The molecule has 0 aliphatic heterocycles. The summed E-state index contributed by atoms with van der Waals surface area (Å²) in [7, 11) is 0. The first-order valence-corrected chi connectivity index (χ1v) is 8.46. The summed E-state index contributed by atoms with van der Waals surface area (Å²) in [6, 6.07) is 16.2. The van der Waals surface area contributed by atoms with Crippen molar-refractivity contribution in [2.45, 2.75) is 32.6 Å². The average molecular weight is 342 g/mol. The molecule has 0 radical (unpaired) electrons. The van der Waals surface area contributed by atoms with Crippen molar-refractivity contribution in [3.63, 3.8) is 0 Å².